The summed E-state index contributed by atoms with van der Waals surface area (Å²) >= 11 is 2.27. The molecule has 0 aromatic carbocycles. The molecule has 0 amide bonds. The van der Waals surface area contributed by atoms with Gasteiger partial charge in [-0.2, -0.15) is 0 Å². The Hall–Kier alpha value is -0.120. The van der Waals surface area contributed by atoms with Gasteiger partial charge in [-0.3, -0.25) is 0 Å². The molecule has 1 aromatic rings. The summed E-state index contributed by atoms with van der Waals surface area (Å²) in [7, 11) is 0. The van der Waals surface area contributed by atoms with Gasteiger partial charge in [-0.1, -0.05) is 32.8 Å². The molecule has 0 aliphatic carbocycles. The molecule has 0 radical (unpaired) electrons. The van der Waals surface area contributed by atoms with Gasteiger partial charge < -0.3 is 0 Å². The average molecular weight is 289 g/mol. The van der Waals surface area contributed by atoms with Gasteiger partial charge in [0.15, 0.2) is 0 Å². The second-order valence-corrected chi connectivity index (χ2v) is 4.53. The number of hydrogen-bond acceptors (Lipinski definition) is 1. The average Bonchev–Trinajstić information content (AvgIpc) is 2.14. The van der Waals surface area contributed by atoms with E-state index in [4.69, 9.17) is 0 Å². The zero-order valence-electron chi connectivity index (χ0n) is 8.26. The molecule has 1 nitrogen and oxygen atoms in total. The fourth-order valence-corrected chi connectivity index (χ4v) is 1.84. The van der Waals surface area contributed by atoms with E-state index in [1.807, 2.05) is 6.07 Å². The van der Waals surface area contributed by atoms with Crippen molar-refractivity contribution in [1.82, 2.24) is 4.98 Å². The molecule has 0 saturated carbocycles. The van der Waals surface area contributed by atoms with Crippen LogP contribution in [0.3, 0.4) is 0 Å². The minimum absolute atomic E-state index is 0.606. The Labute approximate surface area is 94.1 Å². The molecule has 0 N–H and O–H groups in total. The summed E-state index contributed by atoms with van der Waals surface area (Å²) < 4.78 is 1.10. The van der Waals surface area contributed by atoms with Crippen molar-refractivity contribution < 1.29 is 0 Å². The van der Waals surface area contributed by atoms with Crippen molar-refractivity contribution in [2.75, 3.05) is 0 Å². The van der Waals surface area contributed by atoms with E-state index >= 15 is 0 Å². The Balaban J connectivity index is 2.60. The van der Waals surface area contributed by atoms with Gasteiger partial charge in [0.1, 0.15) is 3.70 Å². The highest BCUT2D eigenvalue weighted by Crippen LogP contribution is 2.19. The molecule has 0 saturated heterocycles. The number of nitrogens with zero attached hydrogens (tertiary/aromatic N) is 1. The summed E-state index contributed by atoms with van der Waals surface area (Å²) in [5.41, 5.74) is 1.24. The molecule has 1 heterocycles. The van der Waals surface area contributed by atoms with Crippen LogP contribution in [0.15, 0.2) is 18.2 Å². The fourth-order valence-electron chi connectivity index (χ4n) is 1.36. The quantitative estimate of drug-likeness (QED) is 0.603. The smallest absolute Gasteiger partial charge is 0.101 e. The van der Waals surface area contributed by atoms with E-state index in [-0.39, 0.29) is 0 Å². The van der Waals surface area contributed by atoms with Crippen LogP contribution >= 0.6 is 22.6 Å². The summed E-state index contributed by atoms with van der Waals surface area (Å²) in [5.74, 6) is 0.606. The monoisotopic (exact) mass is 289 g/mol. The van der Waals surface area contributed by atoms with Crippen LogP contribution in [0.5, 0.6) is 0 Å². The number of halogens is 1. The van der Waals surface area contributed by atoms with Crippen LogP contribution in [0.4, 0.5) is 0 Å². The molecule has 13 heavy (non-hydrogen) atoms. The van der Waals surface area contributed by atoms with E-state index in [2.05, 4.69) is 53.6 Å². The molecule has 0 bridgehead atoms. The third kappa shape index (κ3) is 3.63. The van der Waals surface area contributed by atoms with Gasteiger partial charge in [0.25, 0.3) is 0 Å². The van der Waals surface area contributed by atoms with Gasteiger partial charge >= 0.3 is 0 Å². The lowest BCUT2D eigenvalue weighted by atomic mass is 10.0. The van der Waals surface area contributed by atoms with Crippen molar-refractivity contribution in [3.05, 3.63) is 27.6 Å². The third-order valence-corrected chi connectivity index (χ3v) is 2.83. The summed E-state index contributed by atoms with van der Waals surface area (Å²) in [6.07, 6.45) is 3.83. The highest BCUT2D eigenvalue weighted by molar-refractivity contribution is 14.1. The SMILES string of the molecule is CCCC[C@@H](C)c1cccc(I)n1. The van der Waals surface area contributed by atoms with Crippen molar-refractivity contribution in [2.45, 2.75) is 39.0 Å². The molecule has 0 spiro atoms. The molecule has 0 unspecified atom stereocenters. The van der Waals surface area contributed by atoms with E-state index in [0.717, 1.165) is 3.70 Å². The van der Waals surface area contributed by atoms with Gasteiger partial charge in [0, 0.05) is 5.69 Å². The summed E-state index contributed by atoms with van der Waals surface area (Å²) in [4.78, 5) is 4.51. The molecular formula is C11H16IN. The van der Waals surface area contributed by atoms with Crippen molar-refractivity contribution in [1.29, 1.82) is 0 Å². The lowest BCUT2D eigenvalue weighted by Gasteiger charge is -2.09. The van der Waals surface area contributed by atoms with Gasteiger partial charge in [0.2, 0.25) is 0 Å². The Bertz CT molecular complexity index is 260. The third-order valence-electron chi connectivity index (χ3n) is 2.23. The number of rotatable bonds is 4. The summed E-state index contributed by atoms with van der Waals surface area (Å²) in [6.45, 7) is 4.49. The number of unbranched alkanes of at least 4 members (excludes halogenated alkanes) is 1. The van der Waals surface area contributed by atoms with Gasteiger partial charge in [-0.15, -0.1) is 0 Å². The maximum Gasteiger partial charge on any atom is 0.101 e. The number of aromatic nitrogens is 1. The largest absolute Gasteiger partial charge is 0.247 e. The first-order valence-corrected chi connectivity index (χ1v) is 5.94. The predicted molar refractivity (Wildman–Crippen MR) is 64.9 cm³/mol. The lowest BCUT2D eigenvalue weighted by Crippen LogP contribution is -1.97. The Kier molecular flexibility index (Phi) is 4.70. The zero-order valence-corrected chi connectivity index (χ0v) is 10.4. The molecular weight excluding hydrogens is 273 g/mol. The molecule has 0 aliphatic heterocycles. The van der Waals surface area contributed by atoms with E-state index in [9.17, 15) is 0 Å². The second kappa shape index (κ2) is 5.58. The van der Waals surface area contributed by atoms with Crippen LogP contribution in [0, 0.1) is 3.70 Å². The standard InChI is InChI=1S/C11H16IN/c1-3-4-6-9(2)10-7-5-8-11(12)13-10/h5,7-9H,3-4,6H2,1-2H3/t9-/m1/s1. The fraction of sp³-hybridized carbons (Fsp3) is 0.545. The molecule has 2 heteroatoms. The molecule has 0 fully saturated rings. The van der Waals surface area contributed by atoms with E-state index in [0.29, 0.717) is 5.92 Å². The maximum absolute atomic E-state index is 4.51. The van der Waals surface area contributed by atoms with Crippen LogP contribution in [0.25, 0.3) is 0 Å². The van der Waals surface area contributed by atoms with E-state index < -0.39 is 0 Å². The minimum atomic E-state index is 0.606. The van der Waals surface area contributed by atoms with Gasteiger partial charge in [-0.05, 0) is 47.1 Å². The van der Waals surface area contributed by atoms with Gasteiger partial charge in [0.05, 0.1) is 0 Å². The van der Waals surface area contributed by atoms with Crippen molar-refractivity contribution in [3.8, 4) is 0 Å². The van der Waals surface area contributed by atoms with Crippen molar-refractivity contribution in [2.24, 2.45) is 0 Å². The van der Waals surface area contributed by atoms with Crippen LogP contribution < -0.4 is 0 Å². The van der Waals surface area contributed by atoms with Crippen LogP contribution in [-0.4, -0.2) is 4.98 Å². The molecule has 1 atom stereocenters. The first kappa shape index (κ1) is 11.0. The van der Waals surface area contributed by atoms with E-state index in [1.165, 1.54) is 25.0 Å². The molecule has 72 valence electrons. The second-order valence-electron chi connectivity index (χ2n) is 3.43. The number of hydrogen-bond donors (Lipinski definition) is 0. The number of pyridine rings is 1. The first-order valence-electron chi connectivity index (χ1n) is 4.86. The van der Waals surface area contributed by atoms with Crippen LogP contribution in [0.2, 0.25) is 0 Å². The highest BCUT2D eigenvalue weighted by Gasteiger charge is 2.05. The normalized spacial score (nSPS) is 12.8. The van der Waals surface area contributed by atoms with Crippen LogP contribution in [-0.2, 0) is 0 Å². The Morgan fingerprint density at radius 3 is 2.85 bits per heavy atom. The van der Waals surface area contributed by atoms with E-state index in [1.54, 1.807) is 0 Å². The van der Waals surface area contributed by atoms with Gasteiger partial charge in [-0.25, -0.2) is 4.98 Å². The Morgan fingerprint density at radius 1 is 1.46 bits per heavy atom. The minimum Gasteiger partial charge on any atom is -0.247 e. The summed E-state index contributed by atoms with van der Waals surface area (Å²) in [5, 5.41) is 0. The summed E-state index contributed by atoms with van der Waals surface area (Å²) in [6, 6.07) is 6.26. The predicted octanol–water partition coefficient (Wildman–Crippen LogP) is 3.98. The molecule has 1 aromatic heterocycles. The molecule has 1 rings (SSSR count). The lowest BCUT2D eigenvalue weighted by molar-refractivity contribution is 0.610. The molecule has 0 aliphatic rings. The first-order chi connectivity index (χ1) is 6.24. The van der Waals surface area contributed by atoms with Crippen molar-refractivity contribution >= 4 is 22.6 Å². The Morgan fingerprint density at radius 2 is 2.23 bits per heavy atom. The highest BCUT2D eigenvalue weighted by atomic mass is 127. The zero-order chi connectivity index (χ0) is 9.68. The topological polar surface area (TPSA) is 12.9 Å². The van der Waals surface area contributed by atoms with Crippen LogP contribution in [0.1, 0.15) is 44.7 Å². The van der Waals surface area contributed by atoms with Crippen molar-refractivity contribution in [3.63, 3.8) is 0 Å². The maximum atomic E-state index is 4.51.